The lowest BCUT2D eigenvalue weighted by Gasteiger charge is -2.13. The van der Waals surface area contributed by atoms with Crippen LogP contribution >= 0.6 is 0 Å². The third kappa shape index (κ3) is 3.14. The summed E-state index contributed by atoms with van der Waals surface area (Å²) in [5.74, 6) is -0.462. The van der Waals surface area contributed by atoms with Crippen LogP contribution in [0.3, 0.4) is 0 Å². The molecule has 20 heavy (non-hydrogen) atoms. The lowest BCUT2D eigenvalue weighted by Crippen LogP contribution is -2.06. The predicted octanol–water partition coefficient (Wildman–Crippen LogP) is 3.56. The Balaban J connectivity index is 2.23. The minimum absolute atomic E-state index is 0.0316. The molecule has 1 atom stereocenters. The van der Waals surface area contributed by atoms with E-state index in [0.29, 0.717) is 5.75 Å². The van der Waals surface area contributed by atoms with Crippen molar-refractivity contribution in [2.24, 2.45) is 0 Å². The van der Waals surface area contributed by atoms with E-state index in [1.807, 2.05) is 0 Å². The van der Waals surface area contributed by atoms with Gasteiger partial charge in [-0.25, -0.2) is 8.78 Å². The zero-order chi connectivity index (χ0) is 14.7. The second-order valence-corrected chi connectivity index (χ2v) is 4.69. The van der Waals surface area contributed by atoms with E-state index >= 15 is 0 Å². The Morgan fingerprint density at radius 2 is 1.90 bits per heavy atom. The number of aryl methyl sites for hydroxylation is 1. The fourth-order valence-electron chi connectivity index (χ4n) is 2.05. The average Bonchev–Trinajstić information content (AvgIpc) is 2.43. The standard InChI is InChI=1S/C16H16F2O2/c1-10-6-15(18)13(9-14(10)17)16(19)8-11-4-3-5-12(7-11)20-2/h3-7,9,16,19H,8H2,1-2H3. The molecule has 0 saturated heterocycles. The number of hydrogen-bond acceptors (Lipinski definition) is 2. The molecule has 0 heterocycles. The number of rotatable bonds is 4. The van der Waals surface area contributed by atoms with Gasteiger partial charge in [0, 0.05) is 12.0 Å². The molecule has 0 aromatic heterocycles. The second kappa shape index (κ2) is 6.01. The van der Waals surface area contributed by atoms with Crippen molar-refractivity contribution in [1.29, 1.82) is 0 Å². The second-order valence-electron chi connectivity index (χ2n) is 4.69. The average molecular weight is 278 g/mol. The first-order valence-electron chi connectivity index (χ1n) is 6.28. The van der Waals surface area contributed by atoms with Crippen LogP contribution in [-0.2, 0) is 6.42 Å². The topological polar surface area (TPSA) is 29.5 Å². The SMILES string of the molecule is COc1cccc(CC(O)c2cc(F)c(C)cc2F)c1. The van der Waals surface area contributed by atoms with Gasteiger partial charge in [-0.1, -0.05) is 12.1 Å². The minimum atomic E-state index is -1.10. The molecule has 2 aromatic rings. The third-order valence-electron chi connectivity index (χ3n) is 3.20. The molecular formula is C16H16F2O2. The first-order chi connectivity index (χ1) is 9.51. The Kier molecular flexibility index (Phi) is 4.35. The van der Waals surface area contributed by atoms with Crippen molar-refractivity contribution in [3.8, 4) is 5.75 Å². The smallest absolute Gasteiger partial charge is 0.129 e. The van der Waals surface area contributed by atoms with Gasteiger partial charge in [0.2, 0.25) is 0 Å². The number of halogens is 2. The molecule has 0 aliphatic heterocycles. The summed E-state index contributed by atoms with van der Waals surface area (Å²) in [5.41, 5.74) is 0.980. The minimum Gasteiger partial charge on any atom is -0.497 e. The van der Waals surface area contributed by atoms with Gasteiger partial charge in [-0.2, -0.15) is 0 Å². The molecule has 0 bridgehead atoms. The fourth-order valence-corrected chi connectivity index (χ4v) is 2.05. The zero-order valence-corrected chi connectivity index (χ0v) is 11.4. The number of methoxy groups -OCH3 is 1. The van der Waals surface area contributed by atoms with Crippen LogP contribution in [-0.4, -0.2) is 12.2 Å². The van der Waals surface area contributed by atoms with Crippen LogP contribution in [0.25, 0.3) is 0 Å². The van der Waals surface area contributed by atoms with Crippen molar-refractivity contribution in [3.05, 3.63) is 64.7 Å². The summed E-state index contributed by atoms with van der Waals surface area (Å²) in [6.45, 7) is 1.48. The highest BCUT2D eigenvalue weighted by molar-refractivity contribution is 5.31. The summed E-state index contributed by atoms with van der Waals surface area (Å²) in [4.78, 5) is 0. The van der Waals surface area contributed by atoms with Gasteiger partial charge in [-0.3, -0.25) is 0 Å². The van der Waals surface area contributed by atoms with Crippen LogP contribution in [0, 0.1) is 18.6 Å². The summed E-state index contributed by atoms with van der Waals surface area (Å²) in [7, 11) is 1.55. The van der Waals surface area contributed by atoms with Crippen LogP contribution in [0.5, 0.6) is 5.75 Å². The first-order valence-corrected chi connectivity index (χ1v) is 6.28. The van der Waals surface area contributed by atoms with E-state index in [1.165, 1.54) is 6.92 Å². The van der Waals surface area contributed by atoms with Crippen molar-refractivity contribution in [2.45, 2.75) is 19.4 Å². The van der Waals surface area contributed by atoms with Gasteiger partial charge in [0.25, 0.3) is 0 Å². The van der Waals surface area contributed by atoms with E-state index in [1.54, 1.807) is 31.4 Å². The number of benzene rings is 2. The Hall–Kier alpha value is -1.94. The van der Waals surface area contributed by atoms with Crippen LogP contribution in [0.15, 0.2) is 36.4 Å². The summed E-state index contributed by atoms with van der Waals surface area (Å²) in [6.07, 6.45) is -0.909. The van der Waals surface area contributed by atoms with Gasteiger partial charge in [0.15, 0.2) is 0 Å². The molecule has 0 fully saturated rings. The molecule has 0 spiro atoms. The molecule has 0 aliphatic carbocycles. The molecule has 0 aliphatic rings. The van der Waals surface area contributed by atoms with E-state index < -0.39 is 17.7 Å². The van der Waals surface area contributed by atoms with Crippen LogP contribution < -0.4 is 4.74 Å². The van der Waals surface area contributed by atoms with Gasteiger partial charge in [-0.15, -0.1) is 0 Å². The molecule has 2 nitrogen and oxygen atoms in total. The van der Waals surface area contributed by atoms with Gasteiger partial charge in [0.05, 0.1) is 13.2 Å². The van der Waals surface area contributed by atoms with Crippen LogP contribution in [0.1, 0.15) is 22.8 Å². The molecule has 106 valence electrons. The highest BCUT2D eigenvalue weighted by Crippen LogP contribution is 2.25. The molecule has 1 N–H and O–H groups in total. The summed E-state index contributed by atoms with van der Waals surface area (Å²) in [6, 6.07) is 9.27. The van der Waals surface area contributed by atoms with E-state index in [-0.39, 0.29) is 17.5 Å². The van der Waals surface area contributed by atoms with E-state index in [9.17, 15) is 13.9 Å². The Labute approximate surface area is 116 Å². The maximum absolute atomic E-state index is 13.8. The fraction of sp³-hybridized carbons (Fsp3) is 0.250. The maximum Gasteiger partial charge on any atom is 0.129 e. The molecule has 4 heteroatoms. The Morgan fingerprint density at radius 1 is 1.15 bits per heavy atom. The van der Waals surface area contributed by atoms with E-state index in [4.69, 9.17) is 4.74 Å². The molecule has 1 unspecified atom stereocenters. The van der Waals surface area contributed by atoms with Gasteiger partial charge >= 0.3 is 0 Å². The largest absolute Gasteiger partial charge is 0.497 e. The summed E-state index contributed by atoms with van der Waals surface area (Å²) < 4.78 is 32.3. The predicted molar refractivity (Wildman–Crippen MR) is 72.8 cm³/mol. The van der Waals surface area contributed by atoms with Gasteiger partial charge in [-0.05, 0) is 42.3 Å². The lowest BCUT2D eigenvalue weighted by atomic mass is 9.99. The van der Waals surface area contributed by atoms with Crippen molar-refractivity contribution < 1.29 is 18.6 Å². The maximum atomic E-state index is 13.8. The molecule has 0 saturated carbocycles. The first kappa shape index (κ1) is 14.5. The number of ether oxygens (including phenoxy) is 1. The Morgan fingerprint density at radius 3 is 2.60 bits per heavy atom. The van der Waals surface area contributed by atoms with Crippen LogP contribution in [0.2, 0.25) is 0 Å². The number of aliphatic hydroxyl groups excluding tert-OH is 1. The molecule has 0 amide bonds. The summed E-state index contributed by atoms with van der Waals surface area (Å²) >= 11 is 0. The monoisotopic (exact) mass is 278 g/mol. The number of aliphatic hydroxyl groups is 1. The molecular weight excluding hydrogens is 262 g/mol. The molecule has 0 radical (unpaired) electrons. The van der Waals surface area contributed by atoms with Crippen LogP contribution in [0.4, 0.5) is 8.78 Å². The highest BCUT2D eigenvalue weighted by Gasteiger charge is 2.16. The van der Waals surface area contributed by atoms with Crippen molar-refractivity contribution in [1.82, 2.24) is 0 Å². The normalized spacial score (nSPS) is 12.2. The highest BCUT2D eigenvalue weighted by atomic mass is 19.1. The summed E-state index contributed by atoms with van der Waals surface area (Å²) in [5, 5.41) is 10.1. The number of hydrogen-bond donors (Lipinski definition) is 1. The molecule has 2 aromatic carbocycles. The van der Waals surface area contributed by atoms with E-state index in [2.05, 4.69) is 0 Å². The van der Waals surface area contributed by atoms with Crippen molar-refractivity contribution in [3.63, 3.8) is 0 Å². The zero-order valence-electron chi connectivity index (χ0n) is 11.4. The van der Waals surface area contributed by atoms with Crippen molar-refractivity contribution >= 4 is 0 Å². The van der Waals surface area contributed by atoms with Crippen molar-refractivity contribution in [2.75, 3.05) is 7.11 Å². The van der Waals surface area contributed by atoms with Gasteiger partial charge < -0.3 is 9.84 Å². The quantitative estimate of drug-likeness (QED) is 0.926. The lowest BCUT2D eigenvalue weighted by molar-refractivity contribution is 0.173. The van der Waals surface area contributed by atoms with Gasteiger partial charge in [0.1, 0.15) is 17.4 Å². The third-order valence-corrected chi connectivity index (χ3v) is 3.20. The molecule has 2 rings (SSSR count). The Bertz CT molecular complexity index is 611. The van der Waals surface area contributed by atoms with E-state index in [0.717, 1.165) is 17.7 Å².